The maximum atomic E-state index is 10.9. The number of fused-ring (bicyclic) bond motifs is 1. The predicted octanol–water partition coefficient (Wildman–Crippen LogP) is 4.14. The van der Waals surface area contributed by atoms with Gasteiger partial charge in [0.15, 0.2) is 0 Å². The Hall–Kier alpha value is -2.68. The van der Waals surface area contributed by atoms with Crippen molar-refractivity contribution in [3.63, 3.8) is 0 Å². The summed E-state index contributed by atoms with van der Waals surface area (Å²) in [5, 5.41) is 10.1. The second-order valence-electron chi connectivity index (χ2n) is 5.50. The van der Waals surface area contributed by atoms with Gasteiger partial charge < -0.3 is 5.11 Å². The minimum Gasteiger partial charge on any atom is -0.478 e. The van der Waals surface area contributed by atoms with Crippen molar-refractivity contribution in [1.29, 1.82) is 0 Å². The average molecular weight is 291 g/mol. The highest BCUT2D eigenvalue weighted by Crippen LogP contribution is 2.25. The van der Waals surface area contributed by atoms with E-state index in [0.29, 0.717) is 5.56 Å². The predicted molar refractivity (Wildman–Crippen MR) is 87.4 cm³/mol. The highest BCUT2D eigenvalue weighted by atomic mass is 16.4. The third-order valence-corrected chi connectivity index (χ3v) is 4.09. The van der Waals surface area contributed by atoms with Crippen LogP contribution in [0.5, 0.6) is 0 Å². The summed E-state index contributed by atoms with van der Waals surface area (Å²) in [6.07, 6.45) is 0.773. The number of nitrogens with zero attached hydrogens (tertiary/aromatic N) is 1. The molecule has 0 fully saturated rings. The maximum absolute atomic E-state index is 10.9. The molecule has 3 aromatic rings. The molecule has 0 atom stereocenters. The van der Waals surface area contributed by atoms with E-state index in [9.17, 15) is 4.79 Å². The lowest BCUT2D eigenvalue weighted by molar-refractivity contribution is 0.0697. The number of carboxylic acids is 1. The van der Waals surface area contributed by atoms with Crippen molar-refractivity contribution in [2.45, 2.75) is 20.3 Å². The molecule has 1 heterocycles. The molecule has 3 nitrogen and oxygen atoms in total. The lowest BCUT2D eigenvalue weighted by Gasteiger charge is -2.13. The molecule has 0 unspecified atom stereocenters. The topological polar surface area (TPSA) is 50.2 Å². The van der Waals surface area contributed by atoms with Crippen LogP contribution in [0.25, 0.3) is 10.9 Å². The van der Waals surface area contributed by atoms with E-state index < -0.39 is 5.97 Å². The molecule has 1 aromatic heterocycles. The zero-order valence-corrected chi connectivity index (χ0v) is 12.6. The standard InChI is InChI=1S/C19H17NO2/c1-12-13(2)20-18-6-4-3-5-16(18)17(12)11-14-7-9-15(10-8-14)19(21)22/h3-10H,11H2,1-2H3,(H,21,22). The SMILES string of the molecule is Cc1nc2ccccc2c(Cc2ccc(C(=O)O)cc2)c1C. The first kappa shape index (κ1) is 14.3. The molecule has 2 aromatic carbocycles. The van der Waals surface area contributed by atoms with Gasteiger partial charge in [-0.3, -0.25) is 4.98 Å². The largest absolute Gasteiger partial charge is 0.478 e. The Morgan fingerprint density at radius 3 is 2.41 bits per heavy atom. The summed E-state index contributed by atoms with van der Waals surface area (Å²) in [5.74, 6) is -0.895. The van der Waals surface area contributed by atoms with Crippen LogP contribution < -0.4 is 0 Å². The zero-order valence-electron chi connectivity index (χ0n) is 12.6. The van der Waals surface area contributed by atoms with E-state index >= 15 is 0 Å². The Morgan fingerprint density at radius 1 is 1.05 bits per heavy atom. The van der Waals surface area contributed by atoms with Crippen LogP contribution in [0.3, 0.4) is 0 Å². The van der Waals surface area contributed by atoms with Crippen LogP contribution in [-0.2, 0) is 6.42 Å². The quantitative estimate of drug-likeness (QED) is 0.789. The van der Waals surface area contributed by atoms with Gasteiger partial charge in [-0.15, -0.1) is 0 Å². The molecule has 0 aliphatic heterocycles. The van der Waals surface area contributed by atoms with Crippen molar-refractivity contribution in [2.24, 2.45) is 0 Å². The fourth-order valence-corrected chi connectivity index (χ4v) is 2.71. The third kappa shape index (κ3) is 2.58. The van der Waals surface area contributed by atoms with Gasteiger partial charge in [0.25, 0.3) is 0 Å². The van der Waals surface area contributed by atoms with Gasteiger partial charge in [-0.25, -0.2) is 4.79 Å². The number of hydrogen-bond donors (Lipinski definition) is 1. The van der Waals surface area contributed by atoms with Crippen LogP contribution in [0.15, 0.2) is 48.5 Å². The van der Waals surface area contributed by atoms with Crippen LogP contribution in [0.4, 0.5) is 0 Å². The number of hydrogen-bond acceptors (Lipinski definition) is 2. The van der Waals surface area contributed by atoms with E-state index in [1.807, 2.05) is 37.3 Å². The molecule has 0 aliphatic rings. The van der Waals surface area contributed by atoms with Gasteiger partial charge >= 0.3 is 5.97 Å². The Morgan fingerprint density at radius 2 is 1.73 bits per heavy atom. The average Bonchev–Trinajstić information content (AvgIpc) is 2.52. The molecule has 0 amide bonds. The second kappa shape index (κ2) is 5.60. The highest BCUT2D eigenvalue weighted by molar-refractivity contribution is 5.87. The van der Waals surface area contributed by atoms with Crippen LogP contribution >= 0.6 is 0 Å². The number of para-hydroxylation sites is 1. The molecule has 0 saturated heterocycles. The Bertz CT molecular complexity index is 851. The summed E-state index contributed by atoms with van der Waals surface area (Å²) < 4.78 is 0. The molecule has 3 heteroatoms. The number of pyridine rings is 1. The normalized spacial score (nSPS) is 10.8. The molecule has 3 rings (SSSR count). The summed E-state index contributed by atoms with van der Waals surface area (Å²) in [6, 6.07) is 15.2. The highest BCUT2D eigenvalue weighted by Gasteiger charge is 2.10. The Labute approximate surface area is 129 Å². The van der Waals surface area contributed by atoms with Crippen molar-refractivity contribution < 1.29 is 9.90 Å². The van der Waals surface area contributed by atoms with Crippen LogP contribution in [0.2, 0.25) is 0 Å². The first-order valence-electron chi connectivity index (χ1n) is 7.23. The molecule has 0 aliphatic carbocycles. The van der Waals surface area contributed by atoms with Gasteiger partial charge in [-0.05, 0) is 55.2 Å². The molecule has 0 saturated carbocycles. The lowest BCUT2D eigenvalue weighted by Crippen LogP contribution is -2.00. The molecular weight excluding hydrogens is 274 g/mol. The fraction of sp³-hybridized carbons (Fsp3) is 0.158. The summed E-state index contributed by atoms with van der Waals surface area (Å²) in [4.78, 5) is 15.6. The molecular formula is C19H17NO2. The van der Waals surface area contributed by atoms with E-state index in [0.717, 1.165) is 28.6 Å². The molecule has 22 heavy (non-hydrogen) atoms. The van der Waals surface area contributed by atoms with E-state index in [2.05, 4.69) is 18.0 Å². The maximum Gasteiger partial charge on any atom is 0.335 e. The summed E-state index contributed by atoms with van der Waals surface area (Å²) in [7, 11) is 0. The number of aromatic nitrogens is 1. The van der Waals surface area contributed by atoms with E-state index in [-0.39, 0.29) is 0 Å². The van der Waals surface area contributed by atoms with Crippen molar-refractivity contribution in [2.75, 3.05) is 0 Å². The minimum atomic E-state index is -0.895. The first-order valence-corrected chi connectivity index (χ1v) is 7.23. The number of aryl methyl sites for hydroxylation is 1. The molecule has 0 bridgehead atoms. The van der Waals surface area contributed by atoms with Gasteiger partial charge in [0.05, 0.1) is 11.1 Å². The molecule has 0 radical (unpaired) electrons. The second-order valence-corrected chi connectivity index (χ2v) is 5.50. The Balaban J connectivity index is 2.06. The summed E-state index contributed by atoms with van der Waals surface area (Å²) in [5.41, 5.74) is 5.91. The molecule has 110 valence electrons. The smallest absolute Gasteiger partial charge is 0.335 e. The van der Waals surface area contributed by atoms with Gasteiger partial charge in [-0.2, -0.15) is 0 Å². The summed E-state index contributed by atoms with van der Waals surface area (Å²) in [6.45, 7) is 4.12. The third-order valence-electron chi connectivity index (χ3n) is 4.09. The van der Waals surface area contributed by atoms with Crippen LogP contribution in [-0.4, -0.2) is 16.1 Å². The number of aromatic carboxylic acids is 1. The number of carbonyl (C=O) groups is 1. The number of benzene rings is 2. The van der Waals surface area contributed by atoms with Crippen LogP contribution in [0.1, 0.15) is 32.7 Å². The van der Waals surface area contributed by atoms with Crippen molar-refractivity contribution in [1.82, 2.24) is 4.98 Å². The summed E-state index contributed by atoms with van der Waals surface area (Å²) >= 11 is 0. The fourth-order valence-electron chi connectivity index (χ4n) is 2.71. The zero-order chi connectivity index (χ0) is 15.7. The van der Waals surface area contributed by atoms with Gasteiger partial charge in [-0.1, -0.05) is 30.3 Å². The monoisotopic (exact) mass is 291 g/mol. The molecule has 1 N–H and O–H groups in total. The first-order chi connectivity index (χ1) is 10.6. The number of rotatable bonds is 3. The van der Waals surface area contributed by atoms with Crippen LogP contribution in [0, 0.1) is 13.8 Å². The molecule has 0 spiro atoms. The van der Waals surface area contributed by atoms with Gasteiger partial charge in [0, 0.05) is 11.1 Å². The van der Waals surface area contributed by atoms with Crippen molar-refractivity contribution >= 4 is 16.9 Å². The van der Waals surface area contributed by atoms with E-state index in [1.165, 1.54) is 11.1 Å². The Kier molecular flexibility index (Phi) is 3.63. The van der Waals surface area contributed by atoms with Gasteiger partial charge in [0.1, 0.15) is 0 Å². The minimum absolute atomic E-state index is 0.316. The number of carboxylic acid groups (broad SMARTS) is 1. The van der Waals surface area contributed by atoms with Gasteiger partial charge in [0.2, 0.25) is 0 Å². The lowest BCUT2D eigenvalue weighted by atomic mass is 9.95. The van der Waals surface area contributed by atoms with E-state index in [1.54, 1.807) is 12.1 Å². The van der Waals surface area contributed by atoms with Crippen molar-refractivity contribution in [3.8, 4) is 0 Å². The van der Waals surface area contributed by atoms with E-state index in [4.69, 9.17) is 5.11 Å². The van der Waals surface area contributed by atoms with Crippen molar-refractivity contribution in [3.05, 3.63) is 76.5 Å².